The fraction of sp³-hybridized carbons (Fsp3) is 0.538. The quantitative estimate of drug-likeness (QED) is 0.509. The SMILES string of the molecule is COc1ccccc1OP(=O)(OCC1CO1)OCC1CO1. The van der Waals surface area contributed by atoms with E-state index in [2.05, 4.69) is 0 Å². The van der Waals surface area contributed by atoms with Crippen LogP contribution in [0.25, 0.3) is 0 Å². The van der Waals surface area contributed by atoms with E-state index in [1.54, 1.807) is 24.3 Å². The van der Waals surface area contributed by atoms with E-state index in [1.807, 2.05) is 0 Å². The number of methoxy groups -OCH3 is 1. The third-order valence-corrected chi connectivity index (χ3v) is 4.27. The second kappa shape index (κ2) is 6.34. The molecule has 0 bridgehead atoms. The number of phosphoric acid groups is 1. The molecule has 2 saturated heterocycles. The first-order valence-electron chi connectivity index (χ1n) is 6.63. The van der Waals surface area contributed by atoms with Crippen molar-refractivity contribution in [3.05, 3.63) is 24.3 Å². The Bertz CT molecular complexity index is 507. The number of rotatable bonds is 9. The Kier molecular flexibility index (Phi) is 4.47. The van der Waals surface area contributed by atoms with Crippen LogP contribution in [0.4, 0.5) is 0 Å². The molecule has 0 N–H and O–H groups in total. The lowest BCUT2D eigenvalue weighted by Crippen LogP contribution is -2.10. The van der Waals surface area contributed by atoms with Crippen LogP contribution in [0.5, 0.6) is 11.5 Å². The molecule has 116 valence electrons. The van der Waals surface area contributed by atoms with Gasteiger partial charge in [-0.2, -0.15) is 0 Å². The number of para-hydroxylation sites is 2. The predicted octanol–water partition coefficient (Wildman–Crippen LogP) is 2.01. The molecule has 8 heteroatoms. The van der Waals surface area contributed by atoms with Gasteiger partial charge in [0.1, 0.15) is 12.2 Å². The van der Waals surface area contributed by atoms with Gasteiger partial charge >= 0.3 is 7.82 Å². The molecule has 2 atom stereocenters. The van der Waals surface area contributed by atoms with Gasteiger partial charge in [-0.05, 0) is 12.1 Å². The van der Waals surface area contributed by atoms with Crippen molar-refractivity contribution in [1.29, 1.82) is 0 Å². The molecular formula is C13H17O7P. The minimum Gasteiger partial charge on any atom is -0.493 e. The molecule has 0 saturated carbocycles. The van der Waals surface area contributed by atoms with Crippen molar-refractivity contribution in [3.8, 4) is 11.5 Å². The number of ether oxygens (including phenoxy) is 3. The normalized spacial score (nSPS) is 26.0. The van der Waals surface area contributed by atoms with Gasteiger partial charge in [-0.1, -0.05) is 12.1 Å². The van der Waals surface area contributed by atoms with Crippen LogP contribution in [0.15, 0.2) is 24.3 Å². The van der Waals surface area contributed by atoms with Crippen LogP contribution >= 0.6 is 7.82 Å². The third-order valence-electron chi connectivity index (χ3n) is 2.92. The smallest absolute Gasteiger partial charge is 0.493 e. The number of hydrogen-bond donors (Lipinski definition) is 0. The van der Waals surface area contributed by atoms with E-state index in [1.165, 1.54) is 7.11 Å². The molecular weight excluding hydrogens is 299 g/mol. The Morgan fingerprint density at radius 3 is 2.10 bits per heavy atom. The van der Waals surface area contributed by atoms with Crippen LogP contribution in [0.2, 0.25) is 0 Å². The highest BCUT2D eigenvalue weighted by Crippen LogP contribution is 2.52. The van der Waals surface area contributed by atoms with Gasteiger partial charge in [0.15, 0.2) is 11.5 Å². The van der Waals surface area contributed by atoms with Crippen molar-refractivity contribution in [2.75, 3.05) is 33.5 Å². The summed E-state index contributed by atoms with van der Waals surface area (Å²) in [6.45, 7) is 1.52. The molecule has 0 radical (unpaired) electrons. The highest BCUT2D eigenvalue weighted by atomic mass is 31.2. The van der Waals surface area contributed by atoms with Crippen LogP contribution in [0.1, 0.15) is 0 Å². The van der Waals surface area contributed by atoms with Crippen LogP contribution in [-0.2, 0) is 23.1 Å². The van der Waals surface area contributed by atoms with Crippen LogP contribution < -0.4 is 9.26 Å². The van der Waals surface area contributed by atoms with Crippen molar-refractivity contribution in [3.63, 3.8) is 0 Å². The maximum atomic E-state index is 12.7. The lowest BCUT2D eigenvalue weighted by Gasteiger charge is -2.19. The molecule has 2 aliphatic heterocycles. The second-order valence-electron chi connectivity index (χ2n) is 4.69. The van der Waals surface area contributed by atoms with E-state index in [9.17, 15) is 4.57 Å². The molecule has 2 unspecified atom stereocenters. The van der Waals surface area contributed by atoms with E-state index in [0.717, 1.165) is 0 Å². The van der Waals surface area contributed by atoms with Gasteiger partial charge < -0.3 is 18.7 Å². The Labute approximate surface area is 122 Å². The van der Waals surface area contributed by atoms with Crippen LogP contribution in [-0.4, -0.2) is 45.7 Å². The molecule has 1 aromatic carbocycles. The highest BCUT2D eigenvalue weighted by molar-refractivity contribution is 7.48. The number of hydrogen-bond acceptors (Lipinski definition) is 7. The first kappa shape index (κ1) is 14.8. The molecule has 2 heterocycles. The summed E-state index contributed by atoms with van der Waals surface area (Å²) in [7, 11) is -2.24. The van der Waals surface area contributed by atoms with Gasteiger partial charge in [-0.3, -0.25) is 9.05 Å². The molecule has 2 aliphatic rings. The van der Waals surface area contributed by atoms with Gasteiger partial charge in [-0.25, -0.2) is 4.57 Å². The topological polar surface area (TPSA) is 79.1 Å². The Morgan fingerprint density at radius 1 is 1.10 bits per heavy atom. The summed E-state index contributed by atoms with van der Waals surface area (Å²) in [5.74, 6) is 0.757. The molecule has 2 fully saturated rings. The fourth-order valence-corrected chi connectivity index (χ4v) is 2.85. The van der Waals surface area contributed by atoms with E-state index in [4.69, 9.17) is 27.8 Å². The Balaban J connectivity index is 1.67. The first-order chi connectivity index (χ1) is 10.2. The third kappa shape index (κ3) is 4.43. The minimum atomic E-state index is -3.75. The summed E-state index contributed by atoms with van der Waals surface area (Å²) in [6, 6.07) is 6.87. The predicted molar refractivity (Wildman–Crippen MR) is 72.6 cm³/mol. The van der Waals surface area contributed by atoms with E-state index < -0.39 is 7.82 Å². The van der Waals surface area contributed by atoms with E-state index in [-0.39, 0.29) is 25.4 Å². The average Bonchev–Trinajstić information content (AvgIpc) is 3.39. The molecule has 1 aromatic rings. The van der Waals surface area contributed by atoms with Crippen LogP contribution in [0, 0.1) is 0 Å². The summed E-state index contributed by atoms with van der Waals surface area (Å²) in [5, 5.41) is 0. The summed E-state index contributed by atoms with van der Waals surface area (Å²) in [6.07, 6.45) is -0.0827. The average molecular weight is 316 g/mol. The lowest BCUT2D eigenvalue weighted by atomic mass is 10.3. The standard InChI is InChI=1S/C13H17O7P/c1-15-12-4-2-3-5-13(12)20-21(14,18-8-10-6-16-10)19-9-11-7-17-11/h2-5,10-11H,6-9H2,1H3. The van der Waals surface area contributed by atoms with Crippen molar-refractivity contribution in [2.24, 2.45) is 0 Å². The number of epoxide rings is 2. The van der Waals surface area contributed by atoms with E-state index >= 15 is 0 Å². The first-order valence-corrected chi connectivity index (χ1v) is 8.09. The second-order valence-corrected chi connectivity index (χ2v) is 6.28. The molecule has 0 amide bonds. The zero-order chi connectivity index (χ0) is 14.7. The van der Waals surface area contributed by atoms with Gasteiger partial charge in [0, 0.05) is 0 Å². The Morgan fingerprint density at radius 2 is 1.62 bits per heavy atom. The van der Waals surface area contributed by atoms with Gasteiger partial charge in [0.05, 0.1) is 33.5 Å². The summed E-state index contributed by atoms with van der Waals surface area (Å²) < 4.78 is 44.0. The molecule has 3 rings (SSSR count). The maximum absolute atomic E-state index is 12.7. The molecule has 0 aliphatic carbocycles. The van der Waals surface area contributed by atoms with E-state index in [0.29, 0.717) is 24.7 Å². The summed E-state index contributed by atoms with van der Waals surface area (Å²) in [4.78, 5) is 0. The van der Waals surface area contributed by atoms with Crippen molar-refractivity contribution in [1.82, 2.24) is 0 Å². The largest absolute Gasteiger partial charge is 0.530 e. The lowest BCUT2D eigenvalue weighted by molar-refractivity contribution is 0.135. The van der Waals surface area contributed by atoms with Gasteiger partial charge in [0.25, 0.3) is 0 Å². The maximum Gasteiger partial charge on any atom is 0.530 e. The van der Waals surface area contributed by atoms with Gasteiger partial charge in [0.2, 0.25) is 0 Å². The molecule has 0 aromatic heterocycles. The monoisotopic (exact) mass is 316 g/mol. The highest BCUT2D eigenvalue weighted by Gasteiger charge is 2.36. The minimum absolute atomic E-state index is 0.0413. The van der Waals surface area contributed by atoms with Crippen molar-refractivity contribution >= 4 is 7.82 Å². The van der Waals surface area contributed by atoms with Crippen molar-refractivity contribution < 1.29 is 32.3 Å². The molecule has 0 spiro atoms. The fourth-order valence-electron chi connectivity index (χ4n) is 1.58. The molecule has 21 heavy (non-hydrogen) atoms. The summed E-state index contributed by atoms with van der Waals surface area (Å²) in [5.41, 5.74) is 0. The number of phosphoric ester groups is 1. The Hall–Kier alpha value is -1.11. The molecule has 7 nitrogen and oxygen atoms in total. The number of benzene rings is 1. The summed E-state index contributed by atoms with van der Waals surface area (Å²) >= 11 is 0. The van der Waals surface area contributed by atoms with Gasteiger partial charge in [-0.15, -0.1) is 0 Å². The van der Waals surface area contributed by atoms with Crippen LogP contribution in [0.3, 0.4) is 0 Å². The van der Waals surface area contributed by atoms with Crippen molar-refractivity contribution in [2.45, 2.75) is 12.2 Å². The zero-order valence-corrected chi connectivity index (χ0v) is 12.5. The zero-order valence-electron chi connectivity index (χ0n) is 11.6.